The lowest BCUT2D eigenvalue weighted by atomic mass is 10.1. The molecule has 0 amide bonds. The van der Waals surface area contributed by atoms with Gasteiger partial charge < -0.3 is 9.64 Å². The van der Waals surface area contributed by atoms with Gasteiger partial charge in [0.25, 0.3) is 0 Å². The molecule has 0 N–H and O–H groups in total. The zero-order chi connectivity index (χ0) is 11.4. The first-order chi connectivity index (χ1) is 7.75. The Labute approximate surface area is 100 Å². The highest BCUT2D eigenvalue weighted by Gasteiger charge is 2.13. The van der Waals surface area contributed by atoms with Crippen molar-refractivity contribution in [3.8, 4) is 0 Å². The Bertz CT molecular complexity index is 360. The zero-order valence-electron chi connectivity index (χ0n) is 8.99. The number of hydrogen-bond donors (Lipinski definition) is 0. The van der Waals surface area contributed by atoms with Crippen molar-refractivity contribution < 1.29 is 9.13 Å². The van der Waals surface area contributed by atoms with Gasteiger partial charge in [-0.05, 0) is 17.7 Å². The lowest BCUT2D eigenvalue weighted by Crippen LogP contribution is -2.40. The van der Waals surface area contributed by atoms with E-state index in [9.17, 15) is 4.39 Å². The van der Waals surface area contributed by atoms with Gasteiger partial charge in [0.15, 0.2) is 0 Å². The molecule has 0 bridgehead atoms. The van der Waals surface area contributed by atoms with Gasteiger partial charge in [-0.15, -0.1) is 0 Å². The molecule has 1 aliphatic heterocycles. The molecule has 1 heterocycles. The van der Waals surface area contributed by atoms with E-state index in [4.69, 9.17) is 17.0 Å². The Morgan fingerprint density at radius 3 is 2.50 bits per heavy atom. The molecule has 16 heavy (non-hydrogen) atoms. The summed E-state index contributed by atoms with van der Waals surface area (Å²) in [6.45, 7) is 3.20. The van der Waals surface area contributed by atoms with Crippen molar-refractivity contribution in [3.63, 3.8) is 0 Å². The van der Waals surface area contributed by atoms with Crippen molar-refractivity contribution >= 4 is 17.2 Å². The molecule has 1 aliphatic rings. The Morgan fingerprint density at radius 2 is 1.88 bits per heavy atom. The van der Waals surface area contributed by atoms with Gasteiger partial charge in [0.1, 0.15) is 5.82 Å². The van der Waals surface area contributed by atoms with E-state index in [0.717, 1.165) is 36.9 Å². The fourth-order valence-electron chi connectivity index (χ4n) is 1.70. The van der Waals surface area contributed by atoms with Gasteiger partial charge in [-0.3, -0.25) is 0 Å². The minimum atomic E-state index is -0.207. The van der Waals surface area contributed by atoms with Gasteiger partial charge in [0, 0.05) is 19.5 Å². The molecule has 1 saturated heterocycles. The fourth-order valence-corrected chi connectivity index (χ4v) is 2.05. The van der Waals surface area contributed by atoms with Gasteiger partial charge >= 0.3 is 0 Å². The molecule has 0 aliphatic carbocycles. The van der Waals surface area contributed by atoms with Crippen LogP contribution in [0.4, 0.5) is 4.39 Å². The minimum Gasteiger partial charge on any atom is -0.378 e. The van der Waals surface area contributed by atoms with Crippen LogP contribution in [-0.4, -0.2) is 36.2 Å². The summed E-state index contributed by atoms with van der Waals surface area (Å²) >= 11 is 5.37. The molecule has 0 radical (unpaired) electrons. The number of hydrogen-bond acceptors (Lipinski definition) is 2. The summed E-state index contributed by atoms with van der Waals surface area (Å²) in [5, 5.41) is 0. The van der Waals surface area contributed by atoms with Crippen molar-refractivity contribution in [1.82, 2.24) is 4.90 Å². The molecule has 86 valence electrons. The summed E-state index contributed by atoms with van der Waals surface area (Å²) < 4.78 is 18.0. The number of benzene rings is 1. The van der Waals surface area contributed by atoms with Crippen molar-refractivity contribution in [1.29, 1.82) is 0 Å². The van der Waals surface area contributed by atoms with Crippen LogP contribution in [0.5, 0.6) is 0 Å². The van der Waals surface area contributed by atoms with Crippen LogP contribution in [0.25, 0.3) is 0 Å². The number of ether oxygens (including phenoxy) is 1. The first-order valence-corrected chi connectivity index (χ1v) is 5.76. The Kier molecular flexibility index (Phi) is 3.85. The molecule has 1 aromatic rings. The van der Waals surface area contributed by atoms with Crippen molar-refractivity contribution in [2.24, 2.45) is 0 Å². The summed E-state index contributed by atoms with van der Waals surface area (Å²) in [6.07, 6.45) is 0.704. The third-order valence-electron chi connectivity index (χ3n) is 2.63. The number of rotatable bonds is 2. The van der Waals surface area contributed by atoms with Gasteiger partial charge in [0.2, 0.25) is 0 Å². The maximum atomic E-state index is 12.7. The average Bonchev–Trinajstić information content (AvgIpc) is 2.33. The van der Waals surface area contributed by atoms with Crippen molar-refractivity contribution in [2.45, 2.75) is 6.42 Å². The van der Waals surface area contributed by atoms with E-state index >= 15 is 0 Å². The Morgan fingerprint density at radius 1 is 1.25 bits per heavy atom. The maximum absolute atomic E-state index is 12.7. The van der Waals surface area contributed by atoms with E-state index < -0.39 is 0 Å². The lowest BCUT2D eigenvalue weighted by molar-refractivity contribution is 0.0684. The van der Waals surface area contributed by atoms with E-state index in [-0.39, 0.29) is 5.82 Å². The molecule has 1 fully saturated rings. The number of nitrogens with zero attached hydrogens (tertiary/aromatic N) is 1. The minimum absolute atomic E-state index is 0.207. The highest BCUT2D eigenvalue weighted by Crippen LogP contribution is 2.08. The normalized spacial score (nSPS) is 16.2. The first-order valence-electron chi connectivity index (χ1n) is 5.35. The second-order valence-electron chi connectivity index (χ2n) is 3.80. The second kappa shape index (κ2) is 5.37. The molecule has 2 rings (SSSR count). The maximum Gasteiger partial charge on any atom is 0.123 e. The van der Waals surface area contributed by atoms with Crippen LogP contribution < -0.4 is 0 Å². The van der Waals surface area contributed by atoms with Crippen LogP contribution in [-0.2, 0) is 11.2 Å². The molecule has 0 unspecified atom stereocenters. The summed E-state index contributed by atoms with van der Waals surface area (Å²) in [4.78, 5) is 3.07. The highest BCUT2D eigenvalue weighted by atomic mass is 32.1. The topological polar surface area (TPSA) is 12.5 Å². The third-order valence-corrected chi connectivity index (χ3v) is 3.03. The molecular formula is C12H14FNOS. The summed E-state index contributed by atoms with van der Waals surface area (Å²) in [5.41, 5.74) is 1.05. The smallest absolute Gasteiger partial charge is 0.123 e. The van der Waals surface area contributed by atoms with Crippen LogP contribution in [0.15, 0.2) is 24.3 Å². The SMILES string of the molecule is Fc1ccc(CC(=S)N2CCOCC2)cc1. The van der Waals surface area contributed by atoms with Gasteiger partial charge in [-0.25, -0.2) is 4.39 Å². The van der Waals surface area contributed by atoms with Gasteiger partial charge in [0.05, 0.1) is 18.2 Å². The van der Waals surface area contributed by atoms with Crippen LogP contribution in [0.1, 0.15) is 5.56 Å². The van der Waals surface area contributed by atoms with E-state index in [1.165, 1.54) is 12.1 Å². The zero-order valence-corrected chi connectivity index (χ0v) is 9.80. The quantitative estimate of drug-likeness (QED) is 0.733. The average molecular weight is 239 g/mol. The standard InChI is InChI=1S/C12H14FNOS/c13-11-3-1-10(2-4-11)9-12(16)14-5-7-15-8-6-14/h1-4H,5-9H2. The lowest BCUT2D eigenvalue weighted by Gasteiger charge is -2.29. The predicted molar refractivity (Wildman–Crippen MR) is 65.1 cm³/mol. The summed E-state index contributed by atoms with van der Waals surface area (Å²) in [5.74, 6) is -0.207. The second-order valence-corrected chi connectivity index (χ2v) is 4.27. The first kappa shape index (κ1) is 11.5. The molecule has 2 nitrogen and oxygen atoms in total. The van der Waals surface area contributed by atoms with Crippen LogP contribution in [0.3, 0.4) is 0 Å². The summed E-state index contributed by atoms with van der Waals surface area (Å²) in [7, 11) is 0. The molecule has 0 saturated carbocycles. The highest BCUT2D eigenvalue weighted by molar-refractivity contribution is 7.80. The van der Waals surface area contributed by atoms with E-state index in [2.05, 4.69) is 4.90 Å². The van der Waals surface area contributed by atoms with Gasteiger partial charge in [-0.1, -0.05) is 24.4 Å². The third kappa shape index (κ3) is 3.00. The fraction of sp³-hybridized carbons (Fsp3) is 0.417. The Hall–Kier alpha value is -1.00. The van der Waals surface area contributed by atoms with Crippen molar-refractivity contribution in [3.05, 3.63) is 35.6 Å². The van der Waals surface area contributed by atoms with Crippen LogP contribution >= 0.6 is 12.2 Å². The summed E-state index contributed by atoms with van der Waals surface area (Å²) in [6, 6.07) is 6.50. The largest absolute Gasteiger partial charge is 0.378 e. The molecule has 0 aromatic heterocycles. The van der Waals surface area contributed by atoms with Gasteiger partial charge in [-0.2, -0.15) is 0 Å². The number of morpholine rings is 1. The van der Waals surface area contributed by atoms with E-state index in [0.29, 0.717) is 6.42 Å². The molecule has 0 atom stereocenters. The monoisotopic (exact) mass is 239 g/mol. The van der Waals surface area contributed by atoms with E-state index in [1.807, 2.05) is 0 Å². The number of halogens is 1. The number of thiocarbonyl (C=S) groups is 1. The molecule has 1 aromatic carbocycles. The van der Waals surface area contributed by atoms with Crippen LogP contribution in [0, 0.1) is 5.82 Å². The molecule has 4 heteroatoms. The Balaban J connectivity index is 1.93. The molecular weight excluding hydrogens is 225 g/mol. The predicted octanol–water partition coefficient (Wildman–Crippen LogP) is 2.03. The van der Waals surface area contributed by atoms with Crippen LogP contribution in [0.2, 0.25) is 0 Å². The van der Waals surface area contributed by atoms with Crippen molar-refractivity contribution in [2.75, 3.05) is 26.3 Å². The molecule has 0 spiro atoms. The van der Waals surface area contributed by atoms with E-state index in [1.54, 1.807) is 12.1 Å².